The van der Waals surface area contributed by atoms with Crippen LogP contribution in [-0.2, 0) is 9.59 Å². The maximum absolute atomic E-state index is 13.2. The number of Topliss-reactive ketones (excluding diaryl/α,β-unsaturated/α-hetero) is 1. The minimum atomic E-state index is -1.01. The number of rotatable bonds is 5. The number of halogens is 1. The van der Waals surface area contributed by atoms with Gasteiger partial charge in [-0.1, -0.05) is 6.07 Å². The Morgan fingerprint density at radius 2 is 1.86 bits per heavy atom. The lowest BCUT2D eigenvalue weighted by molar-refractivity contribution is -0.140. The number of nitrogens with zero attached hydrogens (tertiary/aromatic N) is 1. The number of carbonyl (C=O) groups is 2. The highest BCUT2D eigenvalue weighted by molar-refractivity contribution is 6.46. The molecule has 2 aromatic rings. The third kappa shape index (κ3) is 3.29. The number of aliphatic hydroxyl groups excluding tert-OH is 2. The summed E-state index contributed by atoms with van der Waals surface area (Å²) >= 11 is 0. The first-order chi connectivity index (χ1) is 13.4. The first-order valence-electron chi connectivity index (χ1n) is 8.41. The Morgan fingerprint density at radius 1 is 1.18 bits per heavy atom. The lowest BCUT2D eigenvalue weighted by atomic mass is 9.95. The first-order valence-corrected chi connectivity index (χ1v) is 8.41. The molecule has 1 aliphatic heterocycles. The van der Waals surface area contributed by atoms with E-state index in [9.17, 15) is 29.3 Å². The van der Waals surface area contributed by atoms with Gasteiger partial charge in [0.1, 0.15) is 11.6 Å². The molecule has 0 spiro atoms. The van der Waals surface area contributed by atoms with Crippen LogP contribution in [0.4, 0.5) is 4.39 Å². The van der Waals surface area contributed by atoms with Gasteiger partial charge >= 0.3 is 0 Å². The topological polar surface area (TPSA) is 107 Å². The lowest BCUT2D eigenvalue weighted by Crippen LogP contribution is -2.32. The molecule has 3 N–H and O–H groups in total. The van der Waals surface area contributed by atoms with Gasteiger partial charge in [-0.15, -0.1) is 0 Å². The minimum Gasteiger partial charge on any atom is -0.507 e. The van der Waals surface area contributed by atoms with Gasteiger partial charge in [0.05, 0.1) is 25.3 Å². The van der Waals surface area contributed by atoms with E-state index in [1.54, 1.807) is 0 Å². The second-order valence-corrected chi connectivity index (χ2v) is 6.15. The van der Waals surface area contributed by atoms with Gasteiger partial charge < -0.3 is 25.0 Å². The summed E-state index contributed by atoms with van der Waals surface area (Å²) in [4.78, 5) is 26.2. The van der Waals surface area contributed by atoms with Crippen molar-refractivity contribution in [3.8, 4) is 11.5 Å². The molecule has 0 bridgehead atoms. The van der Waals surface area contributed by atoms with Crippen molar-refractivity contribution in [2.75, 3.05) is 20.3 Å². The minimum absolute atomic E-state index is 0.119. The Labute approximate surface area is 159 Å². The van der Waals surface area contributed by atoms with Crippen molar-refractivity contribution in [3.63, 3.8) is 0 Å². The number of aliphatic hydroxyl groups is 2. The molecule has 146 valence electrons. The number of ether oxygens (including phenoxy) is 1. The van der Waals surface area contributed by atoms with Gasteiger partial charge in [0, 0.05) is 12.1 Å². The number of amides is 1. The van der Waals surface area contributed by atoms with E-state index in [-0.39, 0.29) is 29.2 Å². The molecule has 28 heavy (non-hydrogen) atoms. The third-order valence-corrected chi connectivity index (χ3v) is 4.52. The Bertz CT molecular complexity index is 954. The molecule has 1 saturated heterocycles. The van der Waals surface area contributed by atoms with Crippen LogP contribution in [0.25, 0.3) is 5.76 Å². The largest absolute Gasteiger partial charge is 0.507 e. The molecule has 0 radical (unpaired) electrons. The highest BCUT2D eigenvalue weighted by Crippen LogP contribution is 2.41. The van der Waals surface area contributed by atoms with Crippen molar-refractivity contribution in [2.24, 2.45) is 0 Å². The van der Waals surface area contributed by atoms with Crippen molar-refractivity contribution in [1.82, 2.24) is 4.90 Å². The van der Waals surface area contributed by atoms with Crippen LogP contribution < -0.4 is 4.74 Å². The van der Waals surface area contributed by atoms with Gasteiger partial charge in [-0.3, -0.25) is 9.59 Å². The quantitative estimate of drug-likeness (QED) is 0.411. The molecule has 7 nitrogen and oxygen atoms in total. The average Bonchev–Trinajstić information content (AvgIpc) is 2.94. The van der Waals surface area contributed by atoms with Crippen molar-refractivity contribution in [1.29, 1.82) is 0 Å². The van der Waals surface area contributed by atoms with Crippen LogP contribution in [0.1, 0.15) is 17.2 Å². The second kappa shape index (κ2) is 7.69. The number of phenols is 1. The number of benzene rings is 2. The maximum atomic E-state index is 13.2. The fourth-order valence-electron chi connectivity index (χ4n) is 3.19. The molecule has 1 heterocycles. The summed E-state index contributed by atoms with van der Waals surface area (Å²) < 4.78 is 18.3. The van der Waals surface area contributed by atoms with Gasteiger partial charge in [0.2, 0.25) is 0 Å². The highest BCUT2D eigenvalue weighted by atomic mass is 19.1. The molecule has 0 aromatic heterocycles. The summed E-state index contributed by atoms with van der Waals surface area (Å²) in [5.41, 5.74) is 0.364. The number of likely N-dealkylation sites (tertiary alicyclic amines) is 1. The Morgan fingerprint density at radius 3 is 2.46 bits per heavy atom. The van der Waals surface area contributed by atoms with Gasteiger partial charge in [-0.05, 0) is 42.0 Å². The van der Waals surface area contributed by atoms with Crippen molar-refractivity contribution in [2.45, 2.75) is 6.04 Å². The fourth-order valence-corrected chi connectivity index (χ4v) is 3.19. The fraction of sp³-hybridized carbons (Fsp3) is 0.200. The van der Waals surface area contributed by atoms with Crippen LogP contribution in [0.15, 0.2) is 48.0 Å². The zero-order chi connectivity index (χ0) is 20.4. The second-order valence-electron chi connectivity index (χ2n) is 6.15. The standard InChI is InChI=1S/C20H18FNO6/c1-28-15-10-12(4-7-14(15)24)17-16(19(26)20(27)22(17)8-9-23)18(25)11-2-5-13(21)6-3-11/h2-7,10,17,23-25H,8-9H2,1H3/b18-16+. The van der Waals surface area contributed by atoms with Crippen LogP contribution in [0.5, 0.6) is 11.5 Å². The van der Waals surface area contributed by atoms with E-state index in [1.165, 1.54) is 37.4 Å². The molecule has 0 saturated carbocycles. The smallest absolute Gasteiger partial charge is 0.295 e. The summed E-state index contributed by atoms with van der Waals surface area (Å²) in [6, 6.07) is 8.08. The summed E-state index contributed by atoms with van der Waals surface area (Å²) in [7, 11) is 1.35. The molecule has 1 fully saturated rings. The predicted molar refractivity (Wildman–Crippen MR) is 97.2 cm³/mol. The molecule has 1 amide bonds. The molecule has 1 aliphatic rings. The summed E-state index contributed by atoms with van der Waals surface area (Å²) in [5.74, 6) is -2.80. The molecule has 1 atom stereocenters. The number of β-amino-alcohol motifs (C(OH)–C–C–N with tert-alkyl or cyclic N) is 1. The normalized spacial score (nSPS) is 18.5. The van der Waals surface area contributed by atoms with E-state index in [0.717, 1.165) is 17.0 Å². The molecular weight excluding hydrogens is 369 g/mol. The van der Waals surface area contributed by atoms with E-state index < -0.39 is 35.9 Å². The summed E-state index contributed by atoms with van der Waals surface area (Å²) in [5, 5.41) is 29.9. The number of ketones is 1. The van der Waals surface area contributed by atoms with Gasteiger partial charge in [0.15, 0.2) is 11.5 Å². The van der Waals surface area contributed by atoms with Gasteiger partial charge in [0.25, 0.3) is 11.7 Å². The first kappa shape index (κ1) is 19.4. The number of hydrogen-bond donors (Lipinski definition) is 3. The van der Waals surface area contributed by atoms with Crippen LogP contribution in [0.3, 0.4) is 0 Å². The Kier molecular flexibility index (Phi) is 5.32. The molecule has 3 rings (SSSR count). The number of aromatic hydroxyl groups is 1. The number of hydrogen-bond acceptors (Lipinski definition) is 6. The van der Waals surface area contributed by atoms with Gasteiger partial charge in [-0.25, -0.2) is 4.39 Å². The molecule has 2 aromatic carbocycles. The van der Waals surface area contributed by atoms with Crippen LogP contribution >= 0.6 is 0 Å². The van der Waals surface area contributed by atoms with E-state index in [2.05, 4.69) is 0 Å². The van der Waals surface area contributed by atoms with Crippen LogP contribution in [0.2, 0.25) is 0 Å². The summed E-state index contributed by atoms with van der Waals surface area (Å²) in [6.45, 7) is -0.534. The zero-order valence-electron chi connectivity index (χ0n) is 14.9. The van der Waals surface area contributed by atoms with E-state index in [4.69, 9.17) is 4.74 Å². The number of phenolic OH excluding ortho intramolecular Hbond substituents is 1. The van der Waals surface area contributed by atoms with E-state index in [1.807, 2.05) is 0 Å². The monoisotopic (exact) mass is 387 g/mol. The Hall–Kier alpha value is -3.39. The lowest BCUT2D eigenvalue weighted by Gasteiger charge is -2.25. The third-order valence-electron chi connectivity index (χ3n) is 4.52. The molecule has 0 aliphatic carbocycles. The predicted octanol–water partition coefficient (Wildman–Crippen LogP) is 1.95. The van der Waals surface area contributed by atoms with E-state index in [0.29, 0.717) is 5.56 Å². The van der Waals surface area contributed by atoms with Crippen molar-refractivity contribution in [3.05, 3.63) is 65.0 Å². The molecule has 8 heteroatoms. The molecule has 1 unspecified atom stereocenters. The summed E-state index contributed by atoms with van der Waals surface area (Å²) in [6.07, 6.45) is 0. The number of methoxy groups -OCH3 is 1. The van der Waals surface area contributed by atoms with Crippen molar-refractivity contribution >= 4 is 17.4 Å². The van der Waals surface area contributed by atoms with Crippen molar-refractivity contribution < 1.29 is 34.0 Å². The Balaban J connectivity index is 2.20. The highest BCUT2D eigenvalue weighted by Gasteiger charge is 2.46. The SMILES string of the molecule is COc1cc(C2/C(=C(\O)c3ccc(F)cc3)C(=O)C(=O)N2CCO)ccc1O. The zero-order valence-corrected chi connectivity index (χ0v) is 14.9. The maximum Gasteiger partial charge on any atom is 0.295 e. The van der Waals surface area contributed by atoms with Crippen LogP contribution in [-0.4, -0.2) is 52.2 Å². The van der Waals surface area contributed by atoms with Crippen LogP contribution in [0, 0.1) is 5.82 Å². The average molecular weight is 387 g/mol. The van der Waals surface area contributed by atoms with E-state index >= 15 is 0 Å². The van der Waals surface area contributed by atoms with Gasteiger partial charge in [-0.2, -0.15) is 0 Å². The number of carbonyl (C=O) groups excluding carboxylic acids is 2. The molecular formula is C20H18FNO6.